The summed E-state index contributed by atoms with van der Waals surface area (Å²) in [6, 6.07) is 15.0. The van der Waals surface area contributed by atoms with Gasteiger partial charge in [0.25, 0.3) is 0 Å². The molecule has 2 aromatic rings. The van der Waals surface area contributed by atoms with Crippen molar-refractivity contribution in [2.45, 2.75) is 44.8 Å². The molecule has 0 aromatic heterocycles. The molecule has 2 N–H and O–H groups in total. The SMILES string of the molecule is CC1CCCC(O)(CNCc2ccc3ccccc3c2)C1. The van der Waals surface area contributed by atoms with Crippen LogP contribution in [0.4, 0.5) is 0 Å². The summed E-state index contributed by atoms with van der Waals surface area (Å²) in [4.78, 5) is 0. The van der Waals surface area contributed by atoms with Crippen LogP contribution in [0.5, 0.6) is 0 Å². The Kier molecular flexibility index (Phi) is 4.27. The Balaban J connectivity index is 1.59. The molecule has 3 rings (SSSR count). The van der Waals surface area contributed by atoms with E-state index in [4.69, 9.17) is 0 Å². The van der Waals surface area contributed by atoms with E-state index in [9.17, 15) is 5.11 Å². The van der Waals surface area contributed by atoms with Gasteiger partial charge >= 0.3 is 0 Å². The minimum absolute atomic E-state index is 0.505. The molecule has 2 nitrogen and oxygen atoms in total. The highest BCUT2D eigenvalue weighted by Crippen LogP contribution is 2.31. The predicted octanol–water partition coefficient (Wildman–Crippen LogP) is 3.87. The van der Waals surface area contributed by atoms with Crippen molar-refractivity contribution in [1.29, 1.82) is 0 Å². The summed E-state index contributed by atoms with van der Waals surface area (Å²) < 4.78 is 0. The molecule has 1 aliphatic carbocycles. The third kappa shape index (κ3) is 3.63. The highest BCUT2D eigenvalue weighted by molar-refractivity contribution is 5.82. The Bertz CT molecular complexity index is 609. The normalized spacial score (nSPS) is 26.1. The molecule has 0 aliphatic heterocycles. The van der Waals surface area contributed by atoms with E-state index in [1.807, 2.05) is 0 Å². The third-order valence-corrected chi connectivity index (χ3v) is 4.66. The fourth-order valence-electron chi connectivity index (χ4n) is 3.58. The van der Waals surface area contributed by atoms with Crippen LogP contribution in [-0.2, 0) is 6.54 Å². The number of nitrogens with one attached hydrogen (secondary N) is 1. The lowest BCUT2D eigenvalue weighted by molar-refractivity contribution is -0.0119. The molecule has 2 unspecified atom stereocenters. The third-order valence-electron chi connectivity index (χ3n) is 4.66. The number of aliphatic hydroxyl groups is 1. The van der Waals surface area contributed by atoms with E-state index in [1.165, 1.54) is 22.8 Å². The number of benzene rings is 2. The second-order valence-electron chi connectivity index (χ2n) is 6.71. The van der Waals surface area contributed by atoms with Gasteiger partial charge in [-0.05, 0) is 41.2 Å². The molecule has 0 radical (unpaired) electrons. The molecule has 2 aromatic carbocycles. The topological polar surface area (TPSA) is 32.3 Å². The molecular formula is C19H25NO. The molecule has 0 heterocycles. The van der Waals surface area contributed by atoms with Crippen molar-refractivity contribution >= 4 is 10.8 Å². The van der Waals surface area contributed by atoms with Crippen LogP contribution in [0.3, 0.4) is 0 Å². The van der Waals surface area contributed by atoms with Crippen LogP contribution < -0.4 is 5.32 Å². The van der Waals surface area contributed by atoms with E-state index >= 15 is 0 Å². The van der Waals surface area contributed by atoms with Gasteiger partial charge in [0.1, 0.15) is 0 Å². The lowest BCUT2D eigenvalue weighted by atomic mass is 9.79. The smallest absolute Gasteiger partial charge is 0.0774 e. The molecule has 21 heavy (non-hydrogen) atoms. The highest BCUT2D eigenvalue weighted by atomic mass is 16.3. The summed E-state index contributed by atoms with van der Waals surface area (Å²) in [7, 11) is 0. The minimum atomic E-state index is -0.505. The Morgan fingerprint density at radius 1 is 1.19 bits per heavy atom. The van der Waals surface area contributed by atoms with Crippen LogP contribution in [0.15, 0.2) is 42.5 Å². The van der Waals surface area contributed by atoms with Crippen molar-refractivity contribution in [3.05, 3.63) is 48.0 Å². The summed E-state index contributed by atoms with van der Waals surface area (Å²) in [6.45, 7) is 3.76. The van der Waals surface area contributed by atoms with Crippen LogP contribution in [0.2, 0.25) is 0 Å². The van der Waals surface area contributed by atoms with Gasteiger partial charge in [-0.2, -0.15) is 0 Å². The van der Waals surface area contributed by atoms with Gasteiger partial charge in [0.05, 0.1) is 5.60 Å². The number of rotatable bonds is 4. The van der Waals surface area contributed by atoms with Crippen molar-refractivity contribution in [3.8, 4) is 0 Å². The minimum Gasteiger partial charge on any atom is -0.389 e. The second-order valence-corrected chi connectivity index (χ2v) is 6.71. The van der Waals surface area contributed by atoms with Crippen molar-refractivity contribution in [1.82, 2.24) is 5.32 Å². The molecule has 0 amide bonds. The average molecular weight is 283 g/mol. The van der Waals surface area contributed by atoms with Gasteiger partial charge < -0.3 is 10.4 Å². The van der Waals surface area contributed by atoms with Crippen molar-refractivity contribution in [2.75, 3.05) is 6.54 Å². The van der Waals surface area contributed by atoms with E-state index in [-0.39, 0.29) is 0 Å². The highest BCUT2D eigenvalue weighted by Gasteiger charge is 2.31. The van der Waals surface area contributed by atoms with Crippen LogP contribution in [0.1, 0.15) is 38.2 Å². The van der Waals surface area contributed by atoms with Crippen LogP contribution in [0, 0.1) is 5.92 Å². The van der Waals surface area contributed by atoms with E-state index in [0.717, 1.165) is 25.8 Å². The first kappa shape index (κ1) is 14.6. The largest absolute Gasteiger partial charge is 0.389 e. The predicted molar refractivity (Wildman–Crippen MR) is 88.2 cm³/mol. The van der Waals surface area contributed by atoms with Crippen molar-refractivity contribution in [3.63, 3.8) is 0 Å². The second kappa shape index (κ2) is 6.17. The lowest BCUT2D eigenvalue weighted by Crippen LogP contribution is -2.43. The summed E-state index contributed by atoms with van der Waals surface area (Å²) >= 11 is 0. The van der Waals surface area contributed by atoms with Crippen molar-refractivity contribution in [2.24, 2.45) is 5.92 Å². The van der Waals surface area contributed by atoms with Gasteiger partial charge in [-0.3, -0.25) is 0 Å². The molecule has 0 saturated heterocycles. The first-order chi connectivity index (χ1) is 10.1. The van der Waals surface area contributed by atoms with Crippen LogP contribution in [0.25, 0.3) is 10.8 Å². The fraction of sp³-hybridized carbons (Fsp3) is 0.474. The molecule has 1 aliphatic rings. The van der Waals surface area contributed by atoms with Gasteiger partial charge in [0.15, 0.2) is 0 Å². The molecule has 1 saturated carbocycles. The van der Waals surface area contributed by atoms with E-state index in [2.05, 4.69) is 54.7 Å². The van der Waals surface area contributed by atoms with Crippen LogP contribution >= 0.6 is 0 Å². The maximum absolute atomic E-state index is 10.6. The first-order valence-corrected chi connectivity index (χ1v) is 8.05. The summed E-state index contributed by atoms with van der Waals surface area (Å²) in [5.74, 6) is 0.645. The zero-order valence-corrected chi connectivity index (χ0v) is 12.8. The first-order valence-electron chi connectivity index (χ1n) is 8.05. The number of hydrogen-bond acceptors (Lipinski definition) is 2. The molecular weight excluding hydrogens is 258 g/mol. The number of fused-ring (bicyclic) bond motifs is 1. The summed E-state index contributed by atoms with van der Waals surface area (Å²) in [6.07, 6.45) is 4.27. The Morgan fingerprint density at radius 3 is 2.81 bits per heavy atom. The van der Waals surface area contributed by atoms with Gasteiger partial charge in [-0.15, -0.1) is 0 Å². The standard InChI is InChI=1S/C19H25NO/c1-15-5-4-10-19(21,12-15)14-20-13-16-8-9-17-6-2-3-7-18(17)11-16/h2-3,6-9,11,15,20-21H,4-5,10,12-14H2,1H3. The maximum atomic E-state index is 10.6. The summed E-state index contributed by atoms with van der Waals surface area (Å²) in [5.41, 5.74) is 0.773. The molecule has 112 valence electrons. The van der Waals surface area contributed by atoms with E-state index in [0.29, 0.717) is 12.5 Å². The van der Waals surface area contributed by atoms with Gasteiger partial charge in [-0.25, -0.2) is 0 Å². The maximum Gasteiger partial charge on any atom is 0.0774 e. The molecule has 2 heteroatoms. The Morgan fingerprint density at radius 2 is 2.00 bits per heavy atom. The fourth-order valence-corrected chi connectivity index (χ4v) is 3.58. The molecule has 0 spiro atoms. The quantitative estimate of drug-likeness (QED) is 0.892. The zero-order chi connectivity index (χ0) is 14.7. The zero-order valence-electron chi connectivity index (χ0n) is 12.8. The lowest BCUT2D eigenvalue weighted by Gasteiger charge is -2.35. The van der Waals surface area contributed by atoms with Crippen molar-refractivity contribution < 1.29 is 5.11 Å². The molecule has 1 fully saturated rings. The number of hydrogen-bond donors (Lipinski definition) is 2. The average Bonchev–Trinajstić information content (AvgIpc) is 2.47. The van der Waals surface area contributed by atoms with E-state index in [1.54, 1.807) is 0 Å². The monoisotopic (exact) mass is 283 g/mol. The molecule has 0 bridgehead atoms. The Hall–Kier alpha value is -1.38. The van der Waals surface area contributed by atoms with Gasteiger partial charge in [0.2, 0.25) is 0 Å². The van der Waals surface area contributed by atoms with Gasteiger partial charge in [0, 0.05) is 13.1 Å². The summed E-state index contributed by atoms with van der Waals surface area (Å²) in [5, 5.41) is 16.6. The van der Waals surface area contributed by atoms with E-state index < -0.39 is 5.60 Å². The molecule has 2 atom stereocenters. The Labute approximate surface area is 127 Å². The van der Waals surface area contributed by atoms with Gasteiger partial charge in [-0.1, -0.05) is 56.2 Å². The van der Waals surface area contributed by atoms with Crippen LogP contribution in [-0.4, -0.2) is 17.3 Å².